The molecule has 1 atom stereocenters. The Labute approximate surface area is 170 Å². The van der Waals surface area contributed by atoms with Crippen LogP contribution in [0.25, 0.3) is 0 Å². The van der Waals surface area contributed by atoms with Crippen molar-refractivity contribution in [3.8, 4) is 0 Å². The van der Waals surface area contributed by atoms with E-state index in [1.807, 2.05) is 4.90 Å². The quantitative estimate of drug-likeness (QED) is 0.871. The summed E-state index contributed by atoms with van der Waals surface area (Å²) in [7, 11) is 0. The van der Waals surface area contributed by atoms with Gasteiger partial charge in [0.1, 0.15) is 5.69 Å². The van der Waals surface area contributed by atoms with Crippen LogP contribution in [0.1, 0.15) is 66.1 Å². The van der Waals surface area contributed by atoms with Crippen LogP contribution in [0.4, 0.5) is 0 Å². The first kappa shape index (κ1) is 18.3. The highest BCUT2D eigenvalue weighted by atomic mass is 16.2. The Balaban J connectivity index is 1.31. The number of carbonyl (C=O) groups is 2. The van der Waals surface area contributed by atoms with Crippen molar-refractivity contribution in [2.45, 2.75) is 55.9 Å². The lowest BCUT2D eigenvalue weighted by atomic mass is 9.73. The molecule has 6 nitrogen and oxygen atoms in total. The van der Waals surface area contributed by atoms with Crippen molar-refractivity contribution < 1.29 is 9.59 Å². The van der Waals surface area contributed by atoms with E-state index >= 15 is 0 Å². The van der Waals surface area contributed by atoms with Gasteiger partial charge in [0, 0.05) is 37.9 Å². The van der Waals surface area contributed by atoms with Crippen LogP contribution in [-0.2, 0) is 10.2 Å². The lowest BCUT2D eigenvalue weighted by Crippen LogP contribution is -2.44. The molecule has 6 heteroatoms. The predicted octanol–water partition coefficient (Wildman–Crippen LogP) is 2.81. The molecule has 150 valence electrons. The highest BCUT2D eigenvalue weighted by molar-refractivity contribution is 5.92. The third kappa shape index (κ3) is 3.52. The van der Waals surface area contributed by atoms with Crippen molar-refractivity contribution >= 4 is 11.8 Å². The van der Waals surface area contributed by atoms with Crippen molar-refractivity contribution in [3.63, 3.8) is 0 Å². The second-order valence-electron chi connectivity index (χ2n) is 8.70. The summed E-state index contributed by atoms with van der Waals surface area (Å²) in [5, 5.41) is 3.14. The normalized spacial score (nSPS) is 22.3. The highest BCUT2D eigenvalue weighted by Gasteiger charge is 2.46. The Morgan fingerprint density at radius 1 is 1.14 bits per heavy atom. The number of nitrogens with one attached hydrogen (secondary N) is 1. The Kier molecular flexibility index (Phi) is 4.57. The van der Waals surface area contributed by atoms with Crippen LogP contribution in [0, 0.1) is 0 Å². The lowest BCUT2D eigenvalue weighted by molar-refractivity contribution is -0.121. The number of amides is 2. The molecular weight excluding hydrogens is 364 g/mol. The van der Waals surface area contributed by atoms with Crippen LogP contribution in [0.3, 0.4) is 0 Å². The maximum absolute atomic E-state index is 12.7. The van der Waals surface area contributed by atoms with Crippen LogP contribution < -0.4 is 5.32 Å². The Morgan fingerprint density at radius 3 is 2.66 bits per heavy atom. The first-order valence-electron chi connectivity index (χ1n) is 10.6. The molecule has 5 rings (SSSR count). The number of fused-ring (bicyclic) bond motifs is 2. The van der Waals surface area contributed by atoms with Crippen LogP contribution in [0.15, 0.2) is 42.9 Å². The number of nitrogens with zero attached hydrogens (tertiary/aromatic N) is 3. The predicted molar refractivity (Wildman–Crippen MR) is 108 cm³/mol. The fourth-order valence-electron chi connectivity index (χ4n) is 5.13. The summed E-state index contributed by atoms with van der Waals surface area (Å²) in [6.07, 6.45) is 10.3. The van der Waals surface area contributed by atoms with Gasteiger partial charge in [-0.1, -0.05) is 24.3 Å². The van der Waals surface area contributed by atoms with Crippen molar-refractivity contribution in [1.29, 1.82) is 0 Å². The summed E-state index contributed by atoms with van der Waals surface area (Å²) in [5.74, 6) is 0.409. The van der Waals surface area contributed by atoms with Crippen molar-refractivity contribution in [2.24, 2.45) is 0 Å². The Morgan fingerprint density at radius 2 is 1.93 bits per heavy atom. The molecule has 2 aliphatic carbocycles. The van der Waals surface area contributed by atoms with Gasteiger partial charge >= 0.3 is 0 Å². The van der Waals surface area contributed by atoms with Gasteiger partial charge in [-0.25, -0.2) is 4.98 Å². The van der Waals surface area contributed by atoms with Crippen molar-refractivity contribution in [3.05, 3.63) is 59.7 Å². The number of piperidine rings is 1. The molecule has 1 unspecified atom stereocenters. The molecule has 2 heterocycles. The van der Waals surface area contributed by atoms with Crippen LogP contribution in [-0.4, -0.2) is 45.8 Å². The fourth-order valence-corrected chi connectivity index (χ4v) is 5.13. The second kappa shape index (κ2) is 7.25. The minimum atomic E-state index is -0.0420. The fraction of sp³-hybridized carbons (Fsp3) is 0.478. The Hall–Kier alpha value is -2.76. The molecule has 1 N–H and O–H groups in total. The molecule has 1 aromatic heterocycles. The van der Waals surface area contributed by atoms with E-state index in [0.29, 0.717) is 31.2 Å². The molecule has 3 aliphatic rings. The zero-order chi connectivity index (χ0) is 19.8. The van der Waals surface area contributed by atoms with E-state index in [1.54, 1.807) is 12.4 Å². The van der Waals surface area contributed by atoms with Gasteiger partial charge in [-0.3, -0.25) is 14.6 Å². The molecule has 29 heavy (non-hydrogen) atoms. The van der Waals surface area contributed by atoms with Crippen molar-refractivity contribution in [1.82, 2.24) is 20.2 Å². The molecule has 1 aromatic carbocycles. The number of likely N-dealkylation sites (tertiary alicyclic amines) is 1. The van der Waals surface area contributed by atoms with Crippen LogP contribution >= 0.6 is 0 Å². The molecule has 1 saturated carbocycles. The SMILES string of the molecule is O=C(CC1CC2(CCN(C(=O)c3cnccn3)CC2)c2ccccc21)NC1CC1. The van der Waals surface area contributed by atoms with Gasteiger partial charge in [0.05, 0.1) is 6.20 Å². The molecule has 1 aliphatic heterocycles. The summed E-state index contributed by atoms with van der Waals surface area (Å²) in [6, 6.07) is 9.01. The summed E-state index contributed by atoms with van der Waals surface area (Å²) in [4.78, 5) is 35.3. The zero-order valence-corrected chi connectivity index (χ0v) is 16.5. The standard InChI is InChI=1S/C23H26N4O2/c28-21(26-17-5-6-17)13-16-14-23(19-4-2-1-3-18(16)19)7-11-27(12-8-23)22(29)20-15-24-9-10-25-20/h1-4,9-10,15-17H,5-8,11-14H2,(H,26,28). The lowest BCUT2D eigenvalue weighted by Gasteiger charge is -2.40. The number of aromatic nitrogens is 2. The highest BCUT2D eigenvalue weighted by Crippen LogP contribution is 2.52. The van der Waals surface area contributed by atoms with Gasteiger partial charge in [0.15, 0.2) is 0 Å². The topological polar surface area (TPSA) is 75.2 Å². The largest absolute Gasteiger partial charge is 0.353 e. The summed E-state index contributed by atoms with van der Waals surface area (Å²) in [5.41, 5.74) is 3.19. The summed E-state index contributed by atoms with van der Waals surface area (Å²) < 4.78 is 0. The molecular formula is C23H26N4O2. The second-order valence-corrected chi connectivity index (χ2v) is 8.70. The molecule has 1 saturated heterocycles. The minimum Gasteiger partial charge on any atom is -0.353 e. The molecule has 0 bridgehead atoms. The molecule has 2 aromatic rings. The number of rotatable bonds is 4. The third-order valence-corrected chi connectivity index (χ3v) is 6.77. The van der Waals surface area contributed by atoms with Gasteiger partial charge in [-0.15, -0.1) is 0 Å². The number of hydrogen-bond donors (Lipinski definition) is 1. The molecule has 1 spiro atoms. The molecule has 2 fully saturated rings. The van der Waals surface area contributed by atoms with Gasteiger partial charge in [-0.05, 0) is 54.6 Å². The van der Waals surface area contributed by atoms with Crippen molar-refractivity contribution in [2.75, 3.05) is 13.1 Å². The number of benzene rings is 1. The number of carbonyl (C=O) groups excluding carboxylic acids is 2. The molecule has 0 radical (unpaired) electrons. The smallest absolute Gasteiger partial charge is 0.274 e. The van der Waals surface area contributed by atoms with E-state index in [4.69, 9.17) is 0 Å². The maximum Gasteiger partial charge on any atom is 0.274 e. The van der Waals surface area contributed by atoms with E-state index in [1.165, 1.54) is 17.3 Å². The van der Waals surface area contributed by atoms with Gasteiger partial charge < -0.3 is 10.2 Å². The Bertz CT molecular complexity index is 917. The maximum atomic E-state index is 12.7. The van der Waals surface area contributed by atoms with Gasteiger partial charge in [0.25, 0.3) is 5.91 Å². The average Bonchev–Trinajstić information content (AvgIpc) is 3.53. The van der Waals surface area contributed by atoms with E-state index in [0.717, 1.165) is 32.1 Å². The zero-order valence-electron chi connectivity index (χ0n) is 16.5. The van der Waals surface area contributed by atoms with Crippen LogP contribution in [0.2, 0.25) is 0 Å². The van der Waals surface area contributed by atoms with Gasteiger partial charge in [0.2, 0.25) is 5.91 Å². The van der Waals surface area contributed by atoms with E-state index in [-0.39, 0.29) is 23.1 Å². The minimum absolute atomic E-state index is 0.0420. The van der Waals surface area contributed by atoms with E-state index in [9.17, 15) is 9.59 Å². The van der Waals surface area contributed by atoms with E-state index in [2.05, 4.69) is 39.6 Å². The first-order valence-corrected chi connectivity index (χ1v) is 10.6. The van der Waals surface area contributed by atoms with E-state index < -0.39 is 0 Å². The third-order valence-electron chi connectivity index (χ3n) is 6.77. The average molecular weight is 390 g/mol. The first-order chi connectivity index (χ1) is 14.1. The monoisotopic (exact) mass is 390 g/mol. The molecule has 2 amide bonds. The summed E-state index contributed by atoms with van der Waals surface area (Å²) >= 11 is 0. The van der Waals surface area contributed by atoms with Crippen LogP contribution in [0.5, 0.6) is 0 Å². The number of hydrogen-bond acceptors (Lipinski definition) is 4. The van der Waals surface area contributed by atoms with Gasteiger partial charge in [-0.2, -0.15) is 0 Å². The summed E-state index contributed by atoms with van der Waals surface area (Å²) in [6.45, 7) is 1.43.